The van der Waals surface area contributed by atoms with E-state index in [1.54, 1.807) is 13.2 Å². The number of nitrogens with zero attached hydrogens (tertiary/aromatic N) is 1. The van der Waals surface area contributed by atoms with E-state index in [1.165, 1.54) is 0 Å². The maximum atomic E-state index is 10.1. The number of aliphatic imine (C=N–C) groups is 1. The third-order valence-electron chi connectivity index (χ3n) is 2.17. The summed E-state index contributed by atoms with van der Waals surface area (Å²) < 4.78 is 10.3. The minimum absolute atomic E-state index is 0.162. The van der Waals surface area contributed by atoms with Gasteiger partial charge in [-0.25, -0.2) is 4.79 Å². The summed E-state index contributed by atoms with van der Waals surface area (Å²) in [6, 6.07) is 7.30. The van der Waals surface area contributed by atoms with Gasteiger partial charge in [-0.1, -0.05) is 12.1 Å². The summed E-state index contributed by atoms with van der Waals surface area (Å²) in [5, 5.41) is 0. The number of rotatable bonds is 6. The minimum atomic E-state index is -0.162. The molecule has 0 aliphatic heterocycles. The van der Waals surface area contributed by atoms with Gasteiger partial charge in [-0.2, -0.15) is 4.99 Å². The second-order valence-electron chi connectivity index (χ2n) is 3.31. The van der Waals surface area contributed by atoms with Gasteiger partial charge in [-0.05, 0) is 24.6 Å². The molecule has 0 fully saturated rings. The molecule has 0 aliphatic carbocycles. The molecular formula is C12H15NO3. The Bertz CT molecular complexity index is 355. The third-order valence-corrected chi connectivity index (χ3v) is 2.17. The maximum absolute atomic E-state index is 10.1. The van der Waals surface area contributed by atoms with Crippen molar-refractivity contribution in [1.82, 2.24) is 0 Å². The standard InChI is InChI=1S/C12H15NO3/c1-10(13-9-14)11-3-5-12(6-4-11)16-8-7-15-2/h3-6,10H,7-8H2,1-2H3. The Hall–Kier alpha value is -1.64. The zero-order valence-corrected chi connectivity index (χ0v) is 9.47. The van der Waals surface area contributed by atoms with Crippen LogP contribution in [-0.4, -0.2) is 26.4 Å². The Balaban J connectivity index is 2.57. The van der Waals surface area contributed by atoms with Crippen molar-refractivity contribution in [3.63, 3.8) is 0 Å². The van der Waals surface area contributed by atoms with Crippen molar-refractivity contribution in [3.8, 4) is 5.75 Å². The summed E-state index contributed by atoms with van der Waals surface area (Å²) in [5.74, 6) is 0.781. The molecule has 16 heavy (non-hydrogen) atoms. The van der Waals surface area contributed by atoms with Gasteiger partial charge in [0.15, 0.2) is 0 Å². The van der Waals surface area contributed by atoms with Crippen LogP contribution in [0.25, 0.3) is 0 Å². The Morgan fingerprint density at radius 1 is 1.31 bits per heavy atom. The van der Waals surface area contributed by atoms with E-state index in [1.807, 2.05) is 31.2 Å². The van der Waals surface area contributed by atoms with E-state index in [9.17, 15) is 4.79 Å². The van der Waals surface area contributed by atoms with E-state index < -0.39 is 0 Å². The summed E-state index contributed by atoms with van der Waals surface area (Å²) in [7, 11) is 1.63. The quantitative estimate of drug-likeness (QED) is 0.420. The van der Waals surface area contributed by atoms with Crippen molar-refractivity contribution in [2.75, 3.05) is 20.3 Å². The Labute approximate surface area is 94.9 Å². The van der Waals surface area contributed by atoms with E-state index in [2.05, 4.69) is 4.99 Å². The third kappa shape index (κ3) is 3.85. The lowest BCUT2D eigenvalue weighted by molar-refractivity contribution is 0.146. The van der Waals surface area contributed by atoms with Crippen LogP contribution < -0.4 is 4.74 Å². The molecule has 0 radical (unpaired) electrons. The summed E-state index contributed by atoms with van der Waals surface area (Å²) in [4.78, 5) is 13.7. The minimum Gasteiger partial charge on any atom is -0.491 e. The van der Waals surface area contributed by atoms with Gasteiger partial charge in [0.1, 0.15) is 12.4 Å². The van der Waals surface area contributed by atoms with Gasteiger partial charge in [0, 0.05) is 7.11 Å². The van der Waals surface area contributed by atoms with Crippen molar-refractivity contribution in [1.29, 1.82) is 0 Å². The molecule has 1 unspecified atom stereocenters. The van der Waals surface area contributed by atoms with Gasteiger partial charge >= 0.3 is 0 Å². The molecular weight excluding hydrogens is 206 g/mol. The predicted molar refractivity (Wildman–Crippen MR) is 60.3 cm³/mol. The molecule has 0 saturated carbocycles. The zero-order chi connectivity index (χ0) is 11.8. The lowest BCUT2D eigenvalue weighted by Crippen LogP contribution is -2.04. The van der Waals surface area contributed by atoms with E-state index in [4.69, 9.17) is 9.47 Å². The number of carbonyl (C=O) groups excluding carboxylic acids is 1. The largest absolute Gasteiger partial charge is 0.491 e. The molecule has 1 aromatic rings. The van der Waals surface area contributed by atoms with Crippen LogP contribution in [0.2, 0.25) is 0 Å². The van der Waals surface area contributed by atoms with Crippen molar-refractivity contribution in [2.45, 2.75) is 13.0 Å². The predicted octanol–water partition coefficient (Wildman–Crippen LogP) is 2.11. The first-order chi connectivity index (χ1) is 7.77. The second kappa shape index (κ2) is 6.77. The van der Waals surface area contributed by atoms with Crippen molar-refractivity contribution in [2.24, 2.45) is 4.99 Å². The first-order valence-corrected chi connectivity index (χ1v) is 5.06. The average molecular weight is 221 g/mol. The molecule has 0 bridgehead atoms. The number of benzene rings is 1. The first kappa shape index (κ1) is 12.4. The van der Waals surface area contributed by atoms with Gasteiger partial charge in [0.2, 0.25) is 6.08 Å². The van der Waals surface area contributed by atoms with E-state index in [0.29, 0.717) is 13.2 Å². The van der Waals surface area contributed by atoms with Crippen LogP contribution >= 0.6 is 0 Å². The monoisotopic (exact) mass is 221 g/mol. The average Bonchev–Trinajstić information content (AvgIpc) is 2.30. The molecule has 0 heterocycles. The van der Waals surface area contributed by atoms with Gasteiger partial charge in [-0.15, -0.1) is 0 Å². The fraction of sp³-hybridized carbons (Fsp3) is 0.417. The van der Waals surface area contributed by atoms with Crippen molar-refractivity contribution in [3.05, 3.63) is 29.8 Å². The molecule has 86 valence electrons. The molecule has 0 amide bonds. The van der Waals surface area contributed by atoms with Crippen molar-refractivity contribution < 1.29 is 14.3 Å². The highest BCUT2D eigenvalue weighted by Gasteiger charge is 2.02. The van der Waals surface area contributed by atoms with Crippen LogP contribution in [-0.2, 0) is 9.53 Å². The molecule has 1 rings (SSSR count). The molecule has 1 aromatic carbocycles. The summed E-state index contributed by atoms with van der Waals surface area (Å²) in [6.45, 7) is 2.93. The van der Waals surface area contributed by atoms with E-state index in [-0.39, 0.29) is 6.04 Å². The highest BCUT2D eigenvalue weighted by Crippen LogP contribution is 2.19. The number of hydrogen-bond acceptors (Lipinski definition) is 4. The summed E-state index contributed by atoms with van der Waals surface area (Å²) in [5.41, 5.74) is 0.961. The number of ether oxygens (including phenoxy) is 2. The fourth-order valence-electron chi connectivity index (χ4n) is 1.24. The number of hydrogen-bond donors (Lipinski definition) is 0. The van der Waals surface area contributed by atoms with Crippen LogP contribution in [0.15, 0.2) is 29.3 Å². The normalized spacial score (nSPS) is 11.6. The highest BCUT2D eigenvalue weighted by atomic mass is 16.5. The van der Waals surface area contributed by atoms with Crippen LogP contribution in [0.5, 0.6) is 5.75 Å². The van der Waals surface area contributed by atoms with Gasteiger partial charge in [-0.3, -0.25) is 0 Å². The highest BCUT2D eigenvalue weighted by molar-refractivity contribution is 5.36. The number of isocyanates is 1. The van der Waals surface area contributed by atoms with Crippen molar-refractivity contribution >= 4 is 6.08 Å². The Morgan fingerprint density at radius 2 is 2.00 bits per heavy atom. The lowest BCUT2D eigenvalue weighted by Gasteiger charge is -2.07. The SMILES string of the molecule is COCCOc1ccc(C(C)N=C=O)cc1. The van der Waals surface area contributed by atoms with E-state index >= 15 is 0 Å². The summed E-state index contributed by atoms with van der Waals surface area (Å²) in [6.07, 6.45) is 1.55. The molecule has 4 heteroatoms. The van der Waals surface area contributed by atoms with Crippen LogP contribution in [0, 0.1) is 0 Å². The van der Waals surface area contributed by atoms with Gasteiger partial charge in [0.05, 0.1) is 12.6 Å². The zero-order valence-electron chi connectivity index (χ0n) is 9.47. The molecule has 4 nitrogen and oxygen atoms in total. The smallest absolute Gasteiger partial charge is 0.235 e. The second-order valence-corrected chi connectivity index (χ2v) is 3.31. The summed E-state index contributed by atoms with van der Waals surface area (Å²) >= 11 is 0. The molecule has 0 saturated heterocycles. The van der Waals surface area contributed by atoms with Crippen LogP contribution in [0.1, 0.15) is 18.5 Å². The molecule has 0 N–H and O–H groups in total. The van der Waals surface area contributed by atoms with Gasteiger partial charge in [0.25, 0.3) is 0 Å². The maximum Gasteiger partial charge on any atom is 0.235 e. The fourth-order valence-corrected chi connectivity index (χ4v) is 1.24. The molecule has 1 atom stereocenters. The number of methoxy groups -OCH3 is 1. The Morgan fingerprint density at radius 3 is 2.56 bits per heavy atom. The first-order valence-electron chi connectivity index (χ1n) is 5.06. The molecule has 0 spiro atoms. The molecule has 0 aliphatic rings. The lowest BCUT2D eigenvalue weighted by atomic mass is 10.1. The Kier molecular flexibility index (Phi) is 5.26. The molecule has 0 aromatic heterocycles. The van der Waals surface area contributed by atoms with Crippen LogP contribution in [0.3, 0.4) is 0 Å². The van der Waals surface area contributed by atoms with Gasteiger partial charge < -0.3 is 9.47 Å². The van der Waals surface area contributed by atoms with Crippen LogP contribution in [0.4, 0.5) is 0 Å². The van der Waals surface area contributed by atoms with E-state index in [0.717, 1.165) is 11.3 Å². The topological polar surface area (TPSA) is 47.9 Å².